The van der Waals surface area contributed by atoms with Crippen LogP contribution in [0.5, 0.6) is 0 Å². The largest absolute Gasteiger partial charge is 0.377 e. The fourth-order valence-electron chi connectivity index (χ4n) is 2.84. The van der Waals surface area contributed by atoms with Crippen LogP contribution in [-0.4, -0.2) is 25.3 Å². The van der Waals surface area contributed by atoms with E-state index >= 15 is 0 Å². The Morgan fingerprint density at radius 1 is 1.29 bits per heavy atom. The van der Waals surface area contributed by atoms with Gasteiger partial charge in [-0.2, -0.15) is 0 Å². The molecule has 0 aliphatic rings. The highest BCUT2D eigenvalue weighted by Crippen LogP contribution is 2.28. The summed E-state index contributed by atoms with van der Waals surface area (Å²) in [4.78, 5) is 0. The Morgan fingerprint density at radius 3 is 2.43 bits per heavy atom. The summed E-state index contributed by atoms with van der Waals surface area (Å²) < 4.78 is 19.9. The Balaban J connectivity index is 3.01. The van der Waals surface area contributed by atoms with Crippen LogP contribution in [0.3, 0.4) is 0 Å². The number of hydrogen-bond acceptors (Lipinski definition) is 2. The van der Waals surface area contributed by atoms with Crippen LogP contribution in [0.4, 0.5) is 4.39 Å². The quantitative estimate of drug-likeness (QED) is 0.719. The van der Waals surface area contributed by atoms with Crippen LogP contribution < -0.4 is 5.32 Å². The standard InChI is InChI=1S/C17H27ClFNO/c1-5-10-20-16(17(6-2,7-3)21-4)11-13-8-9-14(18)12-15(13)19/h8-9,12,16,20H,5-7,10-11H2,1-4H3. The average molecular weight is 316 g/mol. The molecule has 1 aromatic rings. The van der Waals surface area contributed by atoms with Crippen molar-refractivity contribution in [3.05, 3.63) is 34.6 Å². The predicted molar refractivity (Wildman–Crippen MR) is 87.5 cm³/mol. The molecule has 0 aromatic heterocycles. The van der Waals surface area contributed by atoms with E-state index in [1.807, 2.05) is 0 Å². The average Bonchev–Trinajstić information content (AvgIpc) is 2.49. The van der Waals surface area contributed by atoms with Crippen LogP contribution in [-0.2, 0) is 11.2 Å². The van der Waals surface area contributed by atoms with Crippen molar-refractivity contribution in [2.45, 2.75) is 58.1 Å². The van der Waals surface area contributed by atoms with Gasteiger partial charge < -0.3 is 10.1 Å². The molecule has 1 rings (SSSR count). The number of ether oxygens (including phenoxy) is 1. The zero-order chi connectivity index (χ0) is 15.9. The molecule has 1 aromatic carbocycles. The SMILES string of the molecule is CCCNC(Cc1ccc(Cl)cc1F)C(CC)(CC)OC. The first-order valence-corrected chi connectivity index (χ1v) is 8.13. The molecule has 0 amide bonds. The second kappa shape index (κ2) is 8.72. The van der Waals surface area contributed by atoms with Crippen LogP contribution in [0.15, 0.2) is 18.2 Å². The van der Waals surface area contributed by atoms with E-state index in [9.17, 15) is 4.39 Å². The summed E-state index contributed by atoms with van der Waals surface area (Å²) >= 11 is 5.83. The normalized spacial score (nSPS) is 13.4. The summed E-state index contributed by atoms with van der Waals surface area (Å²) in [5, 5.41) is 3.96. The van der Waals surface area contributed by atoms with Crippen LogP contribution in [0.2, 0.25) is 5.02 Å². The Bertz CT molecular complexity index is 427. The van der Waals surface area contributed by atoms with Gasteiger partial charge in [-0.05, 0) is 49.9 Å². The van der Waals surface area contributed by atoms with Crippen LogP contribution in [0, 0.1) is 5.82 Å². The predicted octanol–water partition coefficient (Wildman–Crippen LogP) is 4.60. The summed E-state index contributed by atoms with van der Waals surface area (Å²) in [5.74, 6) is -0.247. The number of methoxy groups -OCH3 is 1. The third-order valence-electron chi connectivity index (χ3n) is 4.32. The summed E-state index contributed by atoms with van der Waals surface area (Å²) in [7, 11) is 1.74. The van der Waals surface area contributed by atoms with E-state index in [1.165, 1.54) is 6.07 Å². The third kappa shape index (κ3) is 4.67. The maximum absolute atomic E-state index is 14.1. The van der Waals surface area contributed by atoms with Crippen molar-refractivity contribution in [3.8, 4) is 0 Å². The molecule has 1 atom stereocenters. The van der Waals surface area contributed by atoms with E-state index in [0.717, 1.165) is 25.8 Å². The van der Waals surface area contributed by atoms with E-state index in [1.54, 1.807) is 19.2 Å². The highest BCUT2D eigenvalue weighted by Gasteiger charge is 2.35. The van der Waals surface area contributed by atoms with Crippen molar-refractivity contribution in [2.24, 2.45) is 0 Å². The monoisotopic (exact) mass is 315 g/mol. The minimum atomic E-state index is -0.277. The van der Waals surface area contributed by atoms with Gasteiger partial charge in [-0.15, -0.1) is 0 Å². The molecular formula is C17H27ClFNO. The summed E-state index contributed by atoms with van der Waals surface area (Å²) in [6, 6.07) is 4.96. The van der Waals surface area contributed by atoms with Crippen LogP contribution in [0.1, 0.15) is 45.6 Å². The van der Waals surface area contributed by atoms with Crippen LogP contribution >= 0.6 is 11.6 Å². The van der Waals surface area contributed by atoms with Gasteiger partial charge in [0, 0.05) is 18.2 Å². The first-order chi connectivity index (χ1) is 10.0. The zero-order valence-electron chi connectivity index (χ0n) is 13.5. The molecule has 1 unspecified atom stereocenters. The molecule has 0 aliphatic heterocycles. The number of hydrogen-bond donors (Lipinski definition) is 1. The molecule has 0 aliphatic carbocycles. The second-order valence-electron chi connectivity index (χ2n) is 5.42. The Kier molecular flexibility index (Phi) is 7.64. The van der Waals surface area contributed by atoms with E-state index < -0.39 is 0 Å². The van der Waals surface area contributed by atoms with E-state index in [-0.39, 0.29) is 17.5 Å². The highest BCUT2D eigenvalue weighted by molar-refractivity contribution is 6.30. The third-order valence-corrected chi connectivity index (χ3v) is 4.55. The molecule has 2 nitrogen and oxygen atoms in total. The van der Waals surface area contributed by atoms with Gasteiger partial charge in [-0.1, -0.05) is 38.4 Å². The molecule has 0 spiro atoms. The topological polar surface area (TPSA) is 21.3 Å². The molecule has 0 saturated carbocycles. The van der Waals surface area contributed by atoms with Gasteiger partial charge in [0.25, 0.3) is 0 Å². The Morgan fingerprint density at radius 2 is 1.95 bits per heavy atom. The lowest BCUT2D eigenvalue weighted by molar-refractivity contribution is -0.0473. The van der Waals surface area contributed by atoms with Gasteiger partial charge >= 0.3 is 0 Å². The molecule has 21 heavy (non-hydrogen) atoms. The fourth-order valence-corrected chi connectivity index (χ4v) is 3.00. The van der Waals surface area contributed by atoms with E-state index in [0.29, 0.717) is 17.0 Å². The van der Waals surface area contributed by atoms with Crippen molar-refractivity contribution in [3.63, 3.8) is 0 Å². The summed E-state index contributed by atoms with van der Waals surface area (Å²) in [6.07, 6.45) is 3.40. The number of rotatable bonds is 9. The second-order valence-corrected chi connectivity index (χ2v) is 5.86. The first kappa shape index (κ1) is 18.4. The molecule has 0 heterocycles. The molecule has 0 radical (unpaired) electrons. The van der Waals surface area contributed by atoms with Gasteiger partial charge in [-0.25, -0.2) is 4.39 Å². The molecular weight excluding hydrogens is 289 g/mol. The fraction of sp³-hybridized carbons (Fsp3) is 0.647. The van der Waals surface area contributed by atoms with E-state index in [2.05, 4.69) is 26.1 Å². The minimum Gasteiger partial charge on any atom is -0.377 e. The lowest BCUT2D eigenvalue weighted by atomic mass is 9.84. The molecule has 120 valence electrons. The number of halogens is 2. The maximum Gasteiger partial charge on any atom is 0.127 e. The lowest BCUT2D eigenvalue weighted by Gasteiger charge is -2.39. The van der Waals surface area contributed by atoms with Gasteiger partial charge in [-0.3, -0.25) is 0 Å². The number of benzene rings is 1. The molecule has 0 saturated heterocycles. The van der Waals surface area contributed by atoms with Gasteiger partial charge in [0.15, 0.2) is 0 Å². The highest BCUT2D eigenvalue weighted by atomic mass is 35.5. The molecule has 1 N–H and O–H groups in total. The van der Waals surface area contributed by atoms with Gasteiger partial charge in [0.1, 0.15) is 5.82 Å². The Labute approximate surface area is 133 Å². The molecule has 0 bridgehead atoms. The van der Waals surface area contributed by atoms with Crippen molar-refractivity contribution in [1.29, 1.82) is 0 Å². The van der Waals surface area contributed by atoms with Crippen molar-refractivity contribution in [1.82, 2.24) is 5.32 Å². The van der Waals surface area contributed by atoms with Crippen molar-refractivity contribution >= 4 is 11.6 Å². The van der Waals surface area contributed by atoms with Gasteiger partial charge in [0.05, 0.1) is 5.60 Å². The van der Waals surface area contributed by atoms with E-state index in [4.69, 9.17) is 16.3 Å². The molecule has 0 fully saturated rings. The summed E-state index contributed by atoms with van der Waals surface area (Å²) in [5.41, 5.74) is 0.401. The Hall–Kier alpha value is -0.640. The smallest absolute Gasteiger partial charge is 0.127 e. The first-order valence-electron chi connectivity index (χ1n) is 7.75. The van der Waals surface area contributed by atoms with Crippen molar-refractivity contribution in [2.75, 3.05) is 13.7 Å². The minimum absolute atomic E-state index is 0.0770. The summed E-state index contributed by atoms with van der Waals surface area (Å²) in [6.45, 7) is 7.25. The van der Waals surface area contributed by atoms with Gasteiger partial charge in [0.2, 0.25) is 0 Å². The lowest BCUT2D eigenvalue weighted by Crippen LogP contribution is -2.53. The van der Waals surface area contributed by atoms with Crippen LogP contribution in [0.25, 0.3) is 0 Å². The zero-order valence-corrected chi connectivity index (χ0v) is 14.3. The number of nitrogens with one attached hydrogen (secondary N) is 1. The van der Waals surface area contributed by atoms with Crippen molar-refractivity contribution < 1.29 is 9.13 Å². The molecule has 4 heteroatoms. The maximum atomic E-state index is 14.1.